The zero-order valence-corrected chi connectivity index (χ0v) is 16.2. The first-order valence-corrected chi connectivity index (χ1v) is 9.90. The first kappa shape index (κ1) is 21.3. The highest BCUT2D eigenvalue weighted by atomic mass is 19.3. The number of amides is 2. The Hall–Kier alpha value is -1.38. The number of halogens is 4. The molecule has 1 atom stereocenters. The van der Waals surface area contributed by atoms with Gasteiger partial charge in [-0.15, -0.1) is 0 Å². The lowest BCUT2D eigenvalue weighted by molar-refractivity contribution is -0.177. The number of hydrogen-bond donors (Lipinski definition) is 0. The van der Waals surface area contributed by atoms with Gasteiger partial charge in [0, 0.05) is 51.9 Å². The number of likely N-dealkylation sites (tertiary alicyclic amines) is 2. The Kier molecular flexibility index (Phi) is 5.94. The maximum absolute atomic E-state index is 14.6. The summed E-state index contributed by atoms with van der Waals surface area (Å²) in [6, 6.07) is 0. The molecule has 0 radical (unpaired) electrons. The van der Waals surface area contributed by atoms with E-state index < -0.39 is 54.9 Å². The van der Waals surface area contributed by atoms with Crippen molar-refractivity contribution in [1.29, 1.82) is 0 Å². The number of hydrogen-bond acceptors (Lipinski definition) is 3. The minimum Gasteiger partial charge on any atom is -0.383 e. The van der Waals surface area contributed by atoms with Crippen molar-refractivity contribution in [3.05, 3.63) is 0 Å². The Morgan fingerprint density at radius 3 is 2.43 bits per heavy atom. The van der Waals surface area contributed by atoms with E-state index in [1.165, 1.54) is 12.0 Å². The van der Waals surface area contributed by atoms with Crippen LogP contribution in [0.4, 0.5) is 17.6 Å². The molecule has 2 heterocycles. The van der Waals surface area contributed by atoms with Crippen molar-refractivity contribution < 1.29 is 31.9 Å². The molecule has 5 nitrogen and oxygen atoms in total. The molecule has 28 heavy (non-hydrogen) atoms. The molecule has 2 saturated heterocycles. The largest absolute Gasteiger partial charge is 0.383 e. The smallest absolute Gasteiger partial charge is 0.266 e. The molecule has 0 aromatic rings. The van der Waals surface area contributed by atoms with E-state index in [1.54, 1.807) is 0 Å². The second kappa shape index (κ2) is 7.80. The van der Waals surface area contributed by atoms with Crippen molar-refractivity contribution in [2.45, 2.75) is 56.8 Å². The van der Waals surface area contributed by atoms with Crippen molar-refractivity contribution in [2.24, 2.45) is 11.3 Å². The van der Waals surface area contributed by atoms with Gasteiger partial charge in [-0.1, -0.05) is 0 Å². The van der Waals surface area contributed by atoms with Gasteiger partial charge in [0.15, 0.2) is 0 Å². The van der Waals surface area contributed by atoms with Crippen LogP contribution in [0, 0.1) is 11.3 Å². The molecule has 0 N–H and O–H groups in total. The van der Waals surface area contributed by atoms with Crippen molar-refractivity contribution in [1.82, 2.24) is 9.80 Å². The van der Waals surface area contributed by atoms with Gasteiger partial charge in [0.1, 0.15) is 0 Å². The van der Waals surface area contributed by atoms with Gasteiger partial charge in [0.05, 0.1) is 18.6 Å². The van der Waals surface area contributed by atoms with Crippen LogP contribution in [0.25, 0.3) is 0 Å². The summed E-state index contributed by atoms with van der Waals surface area (Å²) < 4.78 is 60.9. The van der Waals surface area contributed by atoms with Crippen LogP contribution in [0.2, 0.25) is 0 Å². The molecule has 0 unspecified atom stereocenters. The summed E-state index contributed by atoms with van der Waals surface area (Å²) in [7, 11) is 1.51. The molecule has 0 bridgehead atoms. The number of methoxy groups -OCH3 is 1. The number of rotatable bonds is 4. The number of ether oxygens (including phenoxy) is 1. The fourth-order valence-electron chi connectivity index (χ4n) is 4.89. The Labute approximate surface area is 162 Å². The number of alkyl halides is 4. The lowest BCUT2D eigenvalue weighted by Crippen LogP contribution is -2.62. The third kappa shape index (κ3) is 4.44. The SMILES string of the molecule is COCCN1CCC[C@]2(CN(C(=O)C3CCC(F)(F)CC3)CC(F)(F)C2)C1=O. The number of carbonyl (C=O) groups is 2. The normalized spacial score (nSPS) is 30.7. The zero-order valence-electron chi connectivity index (χ0n) is 16.2. The van der Waals surface area contributed by atoms with Crippen LogP contribution < -0.4 is 0 Å². The summed E-state index contributed by atoms with van der Waals surface area (Å²) in [5.41, 5.74) is -1.30. The van der Waals surface area contributed by atoms with Gasteiger partial charge in [-0.25, -0.2) is 17.6 Å². The van der Waals surface area contributed by atoms with E-state index in [2.05, 4.69) is 0 Å². The number of carbonyl (C=O) groups excluding carboxylic acids is 2. The van der Waals surface area contributed by atoms with Crippen LogP contribution in [0.1, 0.15) is 44.9 Å². The third-order valence-corrected chi connectivity index (χ3v) is 6.28. The summed E-state index contributed by atoms with van der Waals surface area (Å²) >= 11 is 0. The van der Waals surface area contributed by atoms with Crippen LogP contribution >= 0.6 is 0 Å². The van der Waals surface area contributed by atoms with E-state index in [0.29, 0.717) is 32.5 Å². The van der Waals surface area contributed by atoms with Gasteiger partial charge in [0.2, 0.25) is 17.7 Å². The molecule has 3 rings (SSSR count). The molecule has 2 aliphatic heterocycles. The predicted molar refractivity (Wildman–Crippen MR) is 93.2 cm³/mol. The number of nitrogens with zero attached hydrogens (tertiary/aromatic N) is 2. The highest BCUT2D eigenvalue weighted by Gasteiger charge is 2.56. The molecule has 1 aliphatic carbocycles. The Balaban J connectivity index is 1.75. The van der Waals surface area contributed by atoms with E-state index in [0.717, 1.165) is 4.90 Å². The summed E-state index contributed by atoms with van der Waals surface area (Å²) in [5, 5.41) is 0. The first-order chi connectivity index (χ1) is 13.1. The van der Waals surface area contributed by atoms with E-state index in [4.69, 9.17) is 4.74 Å². The van der Waals surface area contributed by atoms with Gasteiger partial charge >= 0.3 is 0 Å². The van der Waals surface area contributed by atoms with Crippen molar-refractivity contribution in [2.75, 3.05) is 39.9 Å². The fraction of sp³-hybridized carbons (Fsp3) is 0.895. The average Bonchev–Trinajstić information content (AvgIpc) is 2.61. The Bertz CT molecular complexity index is 606. The molecule has 160 valence electrons. The second-order valence-corrected chi connectivity index (χ2v) is 8.53. The summed E-state index contributed by atoms with van der Waals surface area (Å²) in [4.78, 5) is 28.5. The summed E-state index contributed by atoms with van der Waals surface area (Å²) in [6.45, 7) is 0.328. The Morgan fingerprint density at radius 2 is 1.79 bits per heavy atom. The maximum Gasteiger partial charge on any atom is 0.266 e. The van der Waals surface area contributed by atoms with Crippen molar-refractivity contribution in [3.63, 3.8) is 0 Å². The van der Waals surface area contributed by atoms with Crippen molar-refractivity contribution >= 4 is 11.8 Å². The van der Waals surface area contributed by atoms with Crippen LogP contribution in [0.3, 0.4) is 0 Å². The van der Waals surface area contributed by atoms with Gasteiger partial charge in [-0.2, -0.15) is 0 Å². The van der Waals surface area contributed by atoms with Crippen LogP contribution in [0.5, 0.6) is 0 Å². The molecule has 0 aromatic heterocycles. The summed E-state index contributed by atoms with van der Waals surface area (Å²) in [5.74, 6) is -7.51. The molecule has 2 amide bonds. The molecule has 9 heteroatoms. The highest BCUT2D eigenvalue weighted by Crippen LogP contribution is 2.46. The van der Waals surface area contributed by atoms with E-state index >= 15 is 0 Å². The first-order valence-electron chi connectivity index (χ1n) is 9.90. The topological polar surface area (TPSA) is 49.9 Å². The number of piperidine rings is 2. The van der Waals surface area contributed by atoms with E-state index in [1.807, 2.05) is 0 Å². The average molecular weight is 408 g/mol. The lowest BCUT2D eigenvalue weighted by Gasteiger charge is -2.50. The standard InChI is InChI=1S/C19H28F4N2O3/c1-28-10-9-24-8-2-5-17(16(24)27)11-19(22,23)13-25(12-17)15(26)14-3-6-18(20,21)7-4-14/h14H,2-13H2,1H3/t17-/m0/s1. The van der Waals surface area contributed by atoms with Gasteiger partial charge in [0.25, 0.3) is 5.92 Å². The third-order valence-electron chi connectivity index (χ3n) is 6.28. The molecule has 1 saturated carbocycles. The molecule has 3 aliphatic rings. The highest BCUT2D eigenvalue weighted by molar-refractivity contribution is 5.86. The molecular weight excluding hydrogens is 380 g/mol. The quantitative estimate of drug-likeness (QED) is 0.672. The minimum atomic E-state index is -3.17. The van der Waals surface area contributed by atoms with Gasteiger partial charge in [-0.05, 0) is 25.7 Å². The zero-order chi connectivity index (χ0) is 20.6. The fourth-order valence-corrected chi connectivity index (χ4v) is 4.89. The van der Waals surface area contributed by atoms with E-state index in [-0.39, 0.29) is 25.3 Å². The van der Waals surface area contributed by atoms with E-state index in [9.17, 15) is 27.2 Å². The summed E-state index contributed by atoms with van der Waals surface area (Å²) in [6.07, 6.45) is -0.496. The van der Waals surface area contributed by atoms with Gasteiger partial charge in [-0.3, -0.25) is 9.59 Å². The van der Waals surface area contributed by atoms with Crippen LogP contribution in [0.15, 0.2) is 0 Å². The molecule has 3 fully saturated rings. The van der Waals surface area contributed by atoms with Gasteiger partial charge < -0.3 is 14.5 Å². The molecule has 1 spiro atoms. The second-order valence-electron chi connectivity index (χ2n) is 8.53. The minimum absolute atomic E-state index is 0.00514. The monoisotopic (exact) mass is 408 g/mol. The molecular formula is C19H28F4N2O3. The maximum atomic E-state index is 14.6. The van der Waals surface area contributed by atoms with Crippen LogP contribution in [-0.2, 0) is 14.3 Å². The van der Waals surface area contributed by atoms with Crippen LogP contribution in [-0.4, -0.2) is 73.4 Å². The van der Waals surface area contributed by atoms with Crippen molar-refractivity contribution in [3.8, 4) is 0 Å². The predicted octanol–water partition coefficient (Wildman–Crippen LogP) is 2.93. The molecule has 0 aromatic carbocycles. The lowest BCUT2D eigenvalue weighted by atomic mass is 9.71. The Morgan fingerprint density at radius 1 is 1.11 bits per heavy atom.